The van der Waals surface area contributed by atoms with Gasteiger partial charge in [-0.3, -0.25) is 9.59 Å². The maximum absolute atomic E-state index is 12.6. The molecule has 0 spiro atoms. The van der Waals surface area contributed by atoms with Gasteiger partial charge in [0.2, 0.25) is 0 Å². The van der Waals surface area contributed by atoms with Crippen molar-refractivity contribution in [2.24, 2.45) is 0 Å². The van der Waals surface area contributed by atoms with Crippen LogP contribution in [0.4, 0.5) is 4.79 Å². The average Bonchev–Trinajstić information content (AvgIpc) is 2.55. The van der Waals surface area contributed by atoms with Crippen LogP contribution in [0.1, 0.15) is 59.9 Å². The van der Waals surface area contributed by atoms with Crippen LogP contribution in [0.3, 0.4) is 0 Å². The standard InChI is InChI=1S/C22H33NO6/c1-21(2,3)28-19(25)14-18(24)17(23-20(26)29-22(4,5)6)12-13-27-15-16-10-8-7-9-11-16/h7-11,17H,12-15H2,1-6H3,(H,23,26)/t17-/m1/s1. The fraction of sp³-hybridized carbons (Fsp3) is 0.591. The highest BCUT2D eigenvalue weighted by molar-refractivity contribution is 5.99. The Kier molecular flexibility index (Phi) is 9.30. The van der Waals surface area contributed by atoms with Gasteiger partial charge in [0.1, 0.15) is 17.6 Å². The van der Waals surface area contributed by atoms with Gasteiger partial charge in [0.05, 0.1) is 12.6 Å². The Labute approximate surface area is 173 Å². The van der Waals surface area contributed by atoms with Crippen LogP contribution >= 0.6 is 0 Å². The number of carbonyl (C=O) groups is 3. The van der Waals surface area contributed by atoms with E-state index < -0.39 is 41.5 Å². The van der Waals surface area contributed by atoms with E-state index in [4.69, 9.17) is 14.2 Å². The van der Waals surface area contributed by atoms with E-state index in [1.807, 2.05) is 30.3 Å². The van der Waals surface area contributed by atoms with Crippen LogP contribution in [0, 0.1) is 0 Å². The van der Waals surface area contributed by atoms with Crippen LogP contribution in [0.5, 0.6) is 0 Å². The number of alkyl carbamates (subject to hydrolysis) is 1. The first-order valence-electron chi connectivity index (χ1n) is 9.71. The van der Waals surface area contributed by atoms with Crippen molar-refractivity contribution >= 4 is 17.8 Å². The second-order valence-electron chi connectivity index (χ2n) is 8.76. The SMILES string of the molecule is CC(C)(C)OC(=O)CC(=O)[C@@H](CCOCc1ccccc1)NC(=O)OC(C)(C)C. The normalized spacial score (nSPS) is 12.8. The monoisotopic (exact) mass is 407 g/mol. The zero-order chi connectivity index (χ0) is 22.1. The van der Waals surface area contributed by atoms with E-state index in [0.29, 0.717) is 6.61 Å². The number of rotatable bonds is 9. The fourth-order valence-electron chi connectivity index (χ4n) is 2.37. The predicted octanol–water partition coefficient (Wildman–Crippen LogP) is 3.79. The van der Waals surface area contributed by atoms with E-state index in [1.165, 1.54) is 0 Å². The predicted molar refractivity (Wildman–Crippen MR) is 109 cm³/mol. The molecule has 0 unspecified atom stereocenters. The number of ether oxygens (including phenoxy) is 3. The lowest BCUT2D eigenvalue weighted by Crippen LogP contribution is -2.45. The lowest BCUT2D eigenvalue weighted by Gasteiger charge is -2.24. The van der Waals surface area contributed by atoms with E-state index in [1.54, 1.807) is 41.5 Å². The van der Waals surface area contributed by atoms with Crippen LogP contribution in [0.15, 0.2) is 30.3 Å². The molecule has 7 heteroatoms. The minimum absolute atomic E-state index is 0.216. The number of hydrogen-bond donors (Lipinski definition) is 1. The van der Waals surface area contributed by atoms with Crippen LogP contribution in [-0.2, 0) is 30.4 Å². The Balaban J connectivity index is 2.65. The highest BCUT2D eigenvalue weighted by Gasteiger charge is 2.27. The molecule has 1 N–H and O–H groups in total. The van der Waals surface area contributed by atoms with Crippen LogP contribution in [-0.4, -0.2) is 41.7 Å². The van der Waals surface area contributed by atoms with Crippen molar-refractivity contribution in [3.8, 4) is 0 Å². The van der Waals surface area contributed by atoms with Gasteiger partial charge in [-0.25, -0.2) is 4.79 Å². The van der Waals surface area contributed by atoms with E-state index in [9.17, 15) is 14.4 Å². The number of Topliss-reactive ketones (excluding diaryl/α,β-unsaturated/α-hetero) is 1. The number of carbonyl (C=O) groups excluding carboxylic acids is 3. The van der Waals surface area contributed by atoms with Gasteiger partial charge in [0, 0.05) is 6.61 Å². The minimum atomic E-state index is -0.909. The number of hydrogen-bond acceptors (Lipinski definition) is 6. The molecule has 1 aromatic rings. The molecule has 0 saturated heterocycles. The summed E-state index contributed by atoms with van der Waals surface area (Å²) in [5.74, 6) is -1.09. The zero-order valence-corrected chi connectivity index (χ0v) is 18.2. The molecule has 1 atom stereocenters. The van der Waals surface area contributed by atoms with Crippen molar-refractivity contribution in [1.29, 1.82) is 0 Å². The summed E-state index contributed by atoms with van der Waals surface area (Å²) < 4.78 is 16.0. The first-order valence-corrected chi connectivity index (χ1v) is 9.71. The van der Waals surface area contributed by atoms with E-state index in [2.05, 4.69) is 5.32 Å². The van der Waals surface area contributed by atoms with Crippen LogP contribution < -0.4 is 5.32 Å². The molecule has 29 heavy (non-hydrogen) atoms. The molecular formula is C22H33NO6. The molecule has 0 aliphatic heterocycles. The molecule has 0 radical (unpaired) electrons. The molecule has 0 bridgehead atoms. The lowest BCUT2D eigenvalue weighted by molar-refractivity contribution is -0.156. The third-order valence-corrected chi connectivity index (χ3v) is 3.48. The van der Waals surface area contributed by atoms with Crippen molar-refractivity contribution in [3.05, 3.63) is 35.9 Å². The average molecular weight is 408 g/mol. The highest BCUT2D eigenvalue weighted by atomic mass is 16.6. The molecule has 0 fully saturated rings. The Bertz CT molecular complexity index is 673. The molecule has 1 rings (SSSR count). The fourth-order valence-corrected chi connectivity index (χ4v) is 2.37. The largest absolute Gasteiger partial charge is 0.460 e. The van der Waals surface area contributed by atoms with Gasteiger partial charge in [-0.15, -0.1) is 0 Å². The highest BCUT2D eigenvalue weighted by Crippen LogP contribution is 2.11. The first-order chi connectivity index (χ1) is 13.4. The third-order valence-electron chi connectivity index (χ3n) is 3.48. The molecule has 7 nitrogen and oxygen atoms in total. The van der Waals surface area contributed by atoms with E-state index >= 15 is 0 Å². The first kappa shape index (κ1) is 24.6. The quantitative estimate of drug-likeness (QED) is 0.380. The van der Waals surface area contributed by atoms with Gasteiger partial charge in [-0.2, -0.15) is 0 Å². The summed E-state index contributed by atoms with van der Waals surface area (Å²) in [4.78, 5) is 36.7. The number of ketones is 1. The summed E-state index contributed by atoms with van der Waals surface area (Å²) in [6.45, 7) is 11.0. The molecule has 162 valence electrons. The summed E-state index contributed by atoms with van der Waals surface area (Å²) in [5.41, 5.74) is -0.388. The second kappa shape index (κ2) is 11.0. The van der Waals surface area contributed by atoms with E-state index in [-0.39, 0.29) is 13.0 Å². The molecule has 1 aromatic carbocycles. The molecule has 0 aliphatic rings. The van der Waals surface area contributed by atoms with Crippen molar-refractivity contribution in [3.63, 3.8) is 0 Å². The summed E-state index contributed by atoms with van der Waals surface area (Å²) in [5, 5.41) is 2.54. The Morgan fingerprint density at radius 1 is 0.931 bits per heavy atom. The van der Waals surface area contributed by atoms with Gasteiger partial charge in [0.15, 0.2) is 5.78 Å². The Morgan fingerprint density at radius 2 is 1.52 bits per heavy atom. The summed E-state index contributed by atoms with van der Waals surface area (Å²) >= 11 is 0. The van der Waals surface area contributed by atoms with Crippen molar-refractivity contribution in [2.45, 2.75) is 78.2 Å². The molecular weight excluding hydrogens is 374 g/mol. The number of nitrogens with one attached hydrogen (secondary N) is 1. The summed E-state index contributed by atoms with van der Waals surface area (Å²) in [6, 6.07) is 8.70. The van der Waals surface area contributed by atoms with Gasteiger partial charge in [0.25, 0.3) is 0 Å². The summed E-state index contributed by atoms with van der Waals surface area (Å²) in [6.07, 6.45) is -0.937. The molecule has 1 amide bonds. The second-order valence-corrected chi connectivity index (χ2v) is 8.76. The summed E-state index contributed by atoms with van der Waals surface area (Å²) in [7, 11) is 0. The topological polar surface area (TPSA) is 90.9 Å². The van der Waals surface area contributed by atoms with Gasteiger partial charge in [-0.1, -0.05) is 30.3 Å². The van der Waals surface area contributed by atoms with Gasteiger partial charge < -0.3 is 19.5 Å². The number of esters is 1. The third kappa shape index (κ3) is 11.9. The van der Waals surface area contributed by atoms with E-state index in [0.717, 1.165) is 5.56 Å². The van der Waals surface area contributed by atoms with Crippen molar-refractivity contribution in [2.75, 3.05) is 6.61 Å². The van der Waals surface area contributed by atoms with Crippen LogP contribution in [0.2, 0.25) is 0 Å². The molecule has 0 heterocycles. The molecule has 0 aliphatic carbocycles. The molecule has 0 aromatic heterocycles. The van der Waals surface area contributed by atoms with Crippen LogP contribution in [0.25, 0.3) is 0 Å². The number of amides is 1. The smallest absolute Gasteiger partial charge is 0.408 e. The minimum Gasteiger partial charge on any atom is -0.460 e. The molecule has 0 saturated carbocycles. The Hall–Kier alpha value is -2.41. The number of benzene rings is 1. The van der Waals surface area contributed by atoms with Gasteiger partial charge in [-0.05, 0) is 53.5 Å². The maximum atomic E-state index is 12.6. The lowest BCUT2D eigenvalue weighted by atomic mass is 10.1. The van der Waals surface area contributed by atoms with Crippen molar-refractivity contribution in [1.82, 2.24) is 5.32 Å². The van der Waals surface area contributed by atoms with Crippen molar-refractivity contribution < 1.29 is 28.6 Å². The van der Waals surface area contributed by atoms with Gasteiger partial charge >= 0.3 is 12.1 Å². The maximum Gasteiger partial charge on any atom is 0.408 e. The zero-order valence-electron chi connectivity index (χ0n) is 18.2. The Morgan fingerprint density at radius 3 is 2.07 bits per heavy atom.